The lowest BCUT2D eigenvalue weighted by Crippen LogP contribution is -2.21. The van der Waals surface area contributed by atoms with Crippen LogP contribution in [0.3, 0.4) is 0 Å². The number of rotatable bonds is 3. The summed E-state index contributed by atoms with van der Waals surface area (Å²) in [4.78, 5) is 16.4. The molecule has 6 nitrogen and oxygen atoms in total. The molecule has 1 N–H and O–H groups in total. The summed E-state index contributed by atoms with van der Waals surface area (Å²) in [6.45, 7) is 0.730. The Labute approximate surface area is 142 Å². The normalized spacial score (nSPS) is 12.7. The first-order valence-electron chi connectivity index (χ1n) is 6.68. The highest BCUT2D eigenvalue weighted by atomic mass is 35.5. The first-order valence-corrected chi connectivity index (χ1v) is 7.44. The molecule has 2 heterocycles. The summed E-state index contributed by atoms with van der Waals surface area (Å²) >= 11 is 12.0. The number of pyridine rings is 1. The third-order valence-corrected chi connectivity index (χ3v) is 3.78. The van der Waals surface area contributed by atoms with Crippen molar-refractivity contribution in [3.05, 3.63) is 40.1 Å². The first-order chi connectivity index (χ1) is 11.1. The molecule has 3 rings (SSSR count). The highest BCUT2D eigenvalue weighted by Gasteiger charge is 2.25. The average Bonchev–Trinajstić information content (AvgIpc) is 2.57. The summed E-state index contributed by atoms with van der Waals surface area (Å²) in [5, 5.41) is 3.15. The van der Waals surface area contributed by atoms with Gasteiger partial charge in [0.1, 0.15) is 13.2 Å². The maximum Gasteiger partial charge on any atom is 0.259 e. The van der Waals surface area contributed by atoms with Gasteiger partial charge in [-0.3, -0.25) is 9.78 Å². The van der Waals surface area contributed by atoms with E-state index >= 15 is 0 Å². The van der Waals surface area contributed by atoms with E-state index in [0.29, 0.717) is 36.0 Å². The van der Waals surface area contributed by atoms with Crippen molar-refractivity contribution in [2.75, 3.05) is 25.6 Å². The molecule has 1 aliphatic heterocycles. The lowest BCUT2D eigenvalue weighted by molar-refractivity contribution is 0.101. The molecule has 1 aliphatic rings. The van der Waals surface area contributed by atoms with Crippen LogP contribution in [0, 0.1) is 0 Å². The van der Waals surface area contributed by atoms with Gasteiger partial charge in [0.25, 0.3) is 5.91 Å². The van der Waals surface area contributed by atoms with Crippen molar-refractivity contribution in [3.63, 3.8) is 0 Å². The molecule has 0 unspecified atom stereocenters. The van der Waals surface area contributed by atoms with E-state index in [9.17, 15) is 4.79 Å². The number of benzene rings is 1. The number of ether oxygens (including phenoxy) is 3. The van der Waals surface area contributed by atoms with E-state index in [1.165, 1.54) is 19.5 Å². The molecule has 0 saturated heterocycles. The summed E-state index contributed by atoms with van der Waals surface area (Å²) < 4.78 is 16.3. The highest BCUT2D eigenvalue weighted by molar-refractivity contribution is 6.39. The van der Waals surface area contributed by atoms with Gasteiger partial charge in [0, 0.05) is 12.4 Å². The first kappa shape index (κ1) is 15.7. The maximum atomic E-state index is 12.6. The molecule has 0 saturated carbocycles. The van der Waals surface area contributed by atoms with Gasteiger partial charge >= 0.3 is 0 Å². The van der Waals surface area contributed by atoms with Crippen molar-refractivity contribution in [1.29, 1.82) is 0 Å². The van der Waals surface area contributed by atoms with E-state index in [1.54, 1.807) is 12.1 Å². The van der Waals surface area contributed by atoms with Crippen LogP contribution in [0.25, 0.3) is 0 Å². The van der Waals surface area contributed by atoms with Crippen LogP contribution in [0.4, 0.5) is 5.69 Å². The van der Waals surface area contributed by atoms with Crippen molar-refractivity contribution >= 4 is 34.8 Å². The van der Waals surface area contributed by atoms with Crippen LogP contribution in [0.15, 0.2) is 24.5 Å². The van der Waals surface area contributed by atoms with E-state index in [4.69, 9.17) is 37.4 Å². The molecule has 0 spiro atoms. The third kappa shape index (κ3) is 3.00. The van der Waals surface area contributed by atoms with Gasteiger partial charge in [0.2, 0.25) is 5.75 Å². The van der Waals surface area contributed by atoms with Crippen LogP contribution >= 0.6 is 23.2 Å². The van der Waals surface area contributed by atoms with Crippen LogP contribution in [-0.4, -0.2) is 31.2 Å². The largest absolute Gasteiger partial charge is 0.493 e. The number of carbonyl (C=O) groups excluding carboxylic acids is 1. The number of aromatic nitrogens is 1. The van der Waals surface area contributed by atoms with Crippen molar-refractivity contribution in [2.24, 2.45) is 0 Å². The Bertz CT molecular complexity index is 747. The van der Waals surface area contributed by atoms with E-state index in [-0.39, 0.29) is 15.7 Å². The molecule has 2 aromatic rings. The van der Waals surface area contributed by atoms with Crippen LogP contribution in [-0.2, 0) is 0 Å². The lowest BCUT2D eigenvalue weighted by Gasteiger charge is -2.22. The van der Waals surface area contributed by atoms with E-state index in [1.807, 2.05) is 0 Å². The fraction of sp³-hybridized carbons (Fsp3) is 0.200. The van der Waals surface area contributed by atoms with Gasteiger partial charge in [-0.1, -0.05) is 23.2 Å². The number of nitrogens with one attached hydrogen (secondary N) is 1. The van der Waals surface area contributed by atoms with Crippen molar-refractivity contribution in [2.45, 2.75) is 0 Å². The molecular formula is C15H12Cl2N2O4. The topological polar surface area (TPSA) is 69.7 Å². The number of hydrogen-bond donors (Lipinski definition) is 1. The standard InChI is InChI=1S/C15H12Cl2N2O4/c1-21-11-3-2-8(13-14(11)23-5-4-22-13)15(20)19-12-9(16)6-18-7-10(12)17/h2-3,6-7H,4-5H2,1H3,(H,18,19,20). The lowest BCUT2D eigenvalue weighted by atomic mass is 10.1. The summed E-state index contributed by atoms with van der Waals surface area (Å²) in [5.41, 5.74) is 0.582. The summed E-state index contributed by atoms with van der Waals surface area (Å²) in [5.74, 6) is 0.799. The number of fused-ring (bicyclic) bond motifs is 1. The van der Waals surface area contributed by atoms with Crippen LogP contribution in [0.2, 0.25) is 10.0 Å². The number of nitrogens with zero attached hydrogens (tertiary/aromatic N) is 1. The second-order valence-corrected chi connectivity index (χ2v) is 5.42. The van der Waals surface area contributed by atoms with Crippen LogP contribution < -0.4 is 19.5 Å². The van der Waals surface area contributed by atoms with Gasteiger partial charge in [-0.2, -0.15) is 0 Å². The highest BCUT2D eigenvalue weighted by Crippen LogP contribution is 2.42. The molecule has 1 aromatic heterocycles. The molecule has 1 amide bonds. The predicted molar refractivity (Wildman–Crippen MR) is 86.2 cm³/mol. The molecule has 0 atom stereocenters. The molecule has 1 aromatic carbocycles. The summed E-state index contributed by atoms with van der Waals surface area (Å²) in [7, 11) is 1.52. The SMILES string of the molecule is COc1ccc(C(=O)Nc2c(Cl)cncc2Cl)c2c1OCCO2. The summed E-state index contributed by atoms with van der Waals surface area (Å²) in [6, 6.07) is 3.23. The monoisotopic (exact) mass is 354 g/mol. The Morgan fingerprint density at radius 1 is 1.17 bits per heavy atom. The molecule has 8 heteroatoms. The van der Waals surface area contributed by atoms with Gasteiger partial charge in [-0.25, -0.2) is 0 Å². The van der Waals surface area contributed by atoms with Crippen molar-refractivity contribution in [1.82, 2.24) is 4.98 Å². The van der Waals surface area contributed by atoms with E-state index in [0.717, 1.165) is 0 Å². The number of methoxy groups -OCH3 is 1. The van der Waals surface area contributed by atoms with Crippen LogP contribution in [0.1, 0.15) is 10.4 Å². The number of hydrogen-bond acceptors (Lipinski definition) is 5. The van der Waals surface area contributed by atoms with Gasteiger partial charge in [0.05, 0.1) is 28.4 Å². The number of halogens is 2. The van der Waals surface area contributed by atoms with Gasteiger partial charge < -0.3 is 19.5 Å². The van der Waals surface area contributed by atoms with E-state index < -0.39 is 5.91 Å². The molecule has 120 valence electrons. The molecule has 23 heavy (non-hydrogen) atoms. The minimum atomic E-state index is -0.426. The third-order valence-electron chi connectivity index (χ3n) is 3.21. The fourth-order valence-electron chi connectivity index (χ4n) is 2.16. The quantitative estimate of drug-likeness (QED) is 0.914. The van der Waals surface area contributed by atoms with E-state index in [2.05, 4.69) is 10.3 Å². The Kier molecular flexibility index (Phi) is 4.45. The maximum absolute atomic E-state index is 12.6. The second-order valence-electron chi connectivity index (χ2n) is 4.60. The smallest absolute Gasteiger partial charge is 0.259 e. The zero-order valence-electron chi connectivity index (χ0n) is 12.1. The zero-order chi connectivity index (χ0) is 16.4. The molecule has 0 bridgehead atoms. The Morgan fingerprint density at radius 3 is 2.48 bits per heavy atom. The Morgan fingerprint density at radius 2 is 1.83 bits per heavy atom. The molecule has 0 fully saturated rings. The fourth-order valence-corrected chi connectivity index (χ4v) is 2.62. The van der Waals surface area contributed by atoms with Crippen molar-refractivity contribution < 1.29 is 19.0 Å². The molecular weight excluding hydrogens is 343 g/mol. The molecule has 0 aliphatic carbocycles. The van der Waals surface area contributed by atoms with Gasteiger partial charge in [0.15, 0.2) is 11.5 Å². The minimum Gasteiger partial charge on any atom is -0.493 e. The number of carbonyl (C=O) groups is 1. The average molecular weight is 355 g/mol. The molecule has 0 radical (unpaired) electrons. The Balaban J connectivity index is 1.97. The Hall–Kier alpha value is -2.18. The number of anilines is 1. The van der Waals surface area contributed by atoms with Gasteiger partial charge in [-0.15, -0.1) is 0 Å². The van der Waals surface area contributed by atoms with Gasteiger partial charge in [-0.05, 0) is 12.1 Å². The summed E-state index contributed by atoms with van der Waals surface area (Å²) in [6.07, 6.45) is 2.79. The minimum absolute atomic E-state index is 0.241. The number of amides is 1. The van der Waals surface area contributed by atoms with Crippen molar-refractivity contribution in [3.8, 4) is 17.2 Å². The zero-order valence-corrected chi connectivity index (χ0v) is 13.6. The second kappa shape index (κ2) is 6.52. The van der Waals surface area contributed by atoms with Crippen LogP contribution in [0.5, 0.6) is 17.2 Å². The predicted octanol–water partition coefficient (Wildman–Crippen LogP) is 3.42.